The molecule has 132 valence electrons. The van der Waals surface area contributed by atoms with Gasteiger partial charge in [0, 0.05) is 24.8 Å². The molecule has 0 aliphatic rings. The minimum absolute atomic E-state index is 0.0535. The summed E-state index contributed by atoms with van der Waals surface area (Å²) in [7, 11) is 0. The molecule has 0 aliphatic carbocycles. The average molecular weight is 358 g/mol. The van der Waals surface area contributed by atoms with Gasteiger partial charge < -0.3 is 10.4 Å². The van der Waals surface area contributed by atoms with Gasteiger partial charge in [-0.3, -0.25) is 4.79 Å². The molecule has 25 heavy (non-hydrogen) atoms. The van der Waals surface area contributed by atoms with Crippen LogP contribution in [0.25, 0.3) is 6.08 Å². The summed E-state index contributed by atoms with van der Waals surface area (Å²) >= 11 is 1.29. The Balaban J connectivity index is 1.71. The van der Waals surface area contributed by atoms with Gasteiger partial charge in [0.15, 0.2) is 5.69 Å². The number of amides is 1. The van der Waals surface area contributed by atoms with Crippen molar-refractivity contribution in [2.24, 2.45) is 0 Å². The van der Waals surface area contributed by atoms with Crippen LogP contribution in [-0.2, 0) is 11.2 Å². The van der Waals surface area contributed by atoms with Crippen LogP contribution in [0.3, 0.4) is 0 Å². The third-order valence-electron chi connectivity index (χ3n) is 3.65. The summed E-state index contributed by atoms with van der Waals surface area (Å²) in [6.07, 6.45) is 4.61. The largest absolute Gasteiger partial charge is 0.476 e. The standard InChI is InChI=1S/C19H22N2O3S/c1-13(2)15-8-6-14(7-9-15)4-3-5-17(22)20-11-10-18-21-16(12-25-18)19(23)24/h3-4,6-9,12-13H,5,10-11H2,1-2H3,(H,20,22)(H,23,24)/b4-3+. The molecular formula is C19H22N2O3S. The number of aromatic carboxylic acids is 1. The number of thiazole rings is 1. The van der Waals surface area contributed by atoms with E-state index in [4.69, 9.17) is 5.11 Å². The smallest absolute Gasteiger partial charge is 0.355 e. The van der Waals surface area contributed by atoms with Crippen LogP contribution in [0.5, 0.6) is 0 Å². The predicted octanol–water partition coefficient (Wildman–Crippen LogP) is 3.73. The van der Waals surface area contributed by atoms with E-state index in [1.54, 1.807) is 0 Å². The number of hydrogen-bond donors (Lipinski definition) is 2. The van der Waals surface area contributed by atoms with Crippen LogP contribution in [0.1, 0.15) is 52.8 Å². The van der Waals surface area contributed by atoms with Gasteiger partial charge in [-0.15, -0.1) is 11.3 Å². The normalized spacial score (nSPS) is 11.2. The van der Waals surface area contributed by atoms with Gasteiger partial charge >= 0.3 is 5.97 Å². The number of carbonyl (C=O) groups is 2. The zero-order valence-corrected chi connectivity index (χ0v) is 15.2. The van der Waals surface area contributed by atoms with E-state index in [1.165, 1.54) is 22.3 Å². The van der Waals surface area contributed by atoms with E-state index >= 15 is 0 Å². The number of hydrogen-bond acceptors (Lipinski definition) is 4. The summed E-state index contributed by atoms with van der Waals surface area (Å²) in [4.78, 5) is 26.5. The van der Waals surface area contributed by atoms with Crippen LogP contribution in [0.2, 0.25) is 0 Å². The Bertz CT molecular complexity index is 748. The SMILES string of the molecule is CC(C)c1ccc(/C=C/CC(=O)NCCc2nc(C(=O)O)cs2)cc1. The molecule has 2 N–H and O–H groups in total. The zero-order valence-electron chi connectivity index (χ0n) is 14.4. The van der Waals surface area contributed by atoms with Crippen molar-refractivity contribution in [3.63, 3.8) is 0 Å². The summed E-state index contributed by atoms with van der Waals surface area (Å²) in [6.45, 7) is 4.76. The molecule has 0 saturated heterocycles. The maximum absolute atomic E-state index is 11.8. The number of nitrogens with one attached hydrogen (secondary N) is 1. The Labute approximate surface area is 151 Å². The van der Waals surface area contributed by atoms with Gasteiger partial charge in [-0.1, -0.05) is 50.3 Å². The molecule has 1 aromatic heterocycles. The number of benzene rings is 1. The van der Waals surface area contributed by atoms with Crippen molar-refractivity contribution in [1.29, 1.82) is 0 Å². The summed E-state index contributed by atoms with van der Waals surface area (Å²) < 4.78 is 0. The maximum atomic E-state index is 11.8. The first-order valence-electron chi connectivity index (χ1n) is 8.16. The van der Waals surface area contributed by atoms with Crippen molar-refractivity contribution in [3.8, 4) is 0 Å². The monoisotopic (exact) mass is 358 g/mol. The molecule has 1 heterocycles. The van der Waals surface area contributed by atoms with E-state index in [-0.39, 0.29) is 11.6 Å². The highest BCUT2D eigenvalue weighted by Gasteiger charge is 2.08. The second-order valence-electron chi connectivity index (χ2n) is 5.96. The van der Waals surface area contributed by atoms with Crippen LogP contribution in [-0.4, -0.2) is 28.5 Å². The second-order valence-corrected chi connectivity index (χ2v) is 6.90. The molecule has 0 radical (unpaired) electrons. The fourth-order valence-electron chi connectivity index (χ4n) is 2.20. The van der Waals surface area contributed by atoms with Gasteiger partial charge in [-0.25, -0.2) is 9.78 Å². The summed E-state index contributed by atoms with van der Waals surface area (Å²) in [5.74, 6) is -0.587. The molecule has 2 rings (SSSR count). The highest BCUT2D eigenvalue weighted by Crippen LogP contribution is 2.15. The van der Waals surface area contributed by atoms with Crippen molar-refractivity contribution in [3.05, 3.63) is 57.6 Å². The van der Waals surface area contributed by atoms with Gasteiger partial charge in [0.2, 0.25) is 5.91 Å². The maximum Gasteiger partial charge on any atom is 0.355 e. The van der Waals surface area contributed by atoms with Crippen LogP contribution < -0.4 is 5.32 Å². The van der Waals surface area contributed by atoms with E-state index < -0.39 is 5.97 Å². The lowest BCUT2D eigenvalue weighted by Gasteiger charge is -2.04. The lowest BCUT2D eigenvalue weighted by Crippen LogP contribution is -2.24. The van der Waals surface area contributed by atoms with Crippen molar-refractivity contribution in [1.82, 2.24) is 10.3 Å². The van der Waals surface area contributed by atoms with Crippen molar-refractivity contribution in [2.45, 2.75) is 32.6 Å². The minimum atomic E-state index is -1.03. The quantitative estimate of drug-likeness (QED) is 0.754. The fraction of sp³-hybridized carbons (Fsp3) is 0.316. The first kappa shape index (κ1) is 18.9. The summed E-state index contributed by atoms with van der Waals surface area (Å²) in [5, 5.41) is 13.8. The molecule has 0 bridgehead atoms. The number of nitrogens with zero attached hydrogens (tertiary/aromatic N) is 1. The topological polar surface area (TPSA) is 79.3 Å². The van der Waals surface area contributed by atoms with E-state index in [0.29, 0.717) is 30.3 Å². The van der Waals surface area contributed by atoms with E-state index in [2.05, 4.69) is 36.3 Å². The van der Waals surface area contributed by atoms with Crippen LogP contribution in [0, 0.1) is 0 Å². The molecule has 6 heteroatoms. The first-order chi connectivity index (χ1) is 12.0. The van der Waals surface area contributed by atoms with Crippen molar-refractivity contribution < 1.29 is 14.7 Å². The molecule has 0 fully saturated rings. The third-order valence-corrected chi connectivity index (χ3v) is 4.56. The van der Waals surface area contributed by atoms with Gasteiger partial charge in [0.05, 0.1) is 5.01 Å². The summed E-state index contributed by atoms with van der Waals surface area (Å²) in [6, 6.07) is 8.30. The van der Waals surface area contributed by atoms with Gasteiger partial charge in [-0.05, 0) is 17.0 Å². The molecule has 1 amide bonds. The number of aromatic nitrogens is 1. The van der Waals surface area contributed by atoms with Gasteiger partial charge in [0.1, 0.15) is 0 Å². The Hall–Kier alpha value is -2.47. The van der Waals surface area contributed by atoms with Crippen LogP contribution in [0.15, 0.2) is 35.7 Å². The van der Waals surface area contributed by atoms with Gasteiger partial charge in [0.25, 0.3) is 0 Å². The lowest BCUT2D eigenvalue weighted by atomic mass is 10.0. The number of rotatable bonds is 8. The molecule has 0 atom stereocenters. The van der Waals surface area contributed by atoms with E-state index in [9.17, 15) is 9.59 Å². The van der Waals surface area contributed by atoms with Crippen molar-refractivity contribution >= 4 is 29.3 Å². The summed E-state index contributed by atoms with van der Waals surface area (Å²) in [5.41, 5.74) is 2.42. The molecule has 0 unspecified atom stereocenters. The van der Waals surface area contributed by atoms with Crippen molar-refractivity contribution in [2.75, 3.05) is 6.54 Å². The predicted molar refractivity (Wildman–Crippen MR) is 100.0 cm³/mol. The Morgan fingerprint density at radius 3 is 2.60 bits per heavy atom. The molecule has 1 aromatic carbocycles. The molecule has 5 nitrogen and oxygen atoms in total. The third kappa shape index (κ3) is 6.15. The molecular weight excluding hydrogens is 336 g/mol. The minimum Gasteiger partial charge on any atom is -0.476 e. The molecule has 0 saturated carbocycles. The molecule has 0 aliphatic heterocycles. The Kier molecular flexibility index (Phi) is 6.89. The second kappa shape index (κ2) is 9.13. The average Bonchev–Trinajstić information content (AvgIpc) is 3.04. The molecule has 0 spiro atoms. The van der Waals surface area contributed by atoms with Crippen LogP contribution in [0.4, 0.5) is 0 Å². The highest BCUT2D eigenvalue weighted by atomic mass is 32.1. The van der Waals surface area contributed by atoms with E-state index in [0.717, 1.165) is 5.56 Å². The van der Waals surface area contributed by atoms with Crippen LogP contribution >= 0.6 is 11.3 Å². The number of carboxylic acid groups (broad SMARTS) is 1. The molecule has 2 aromatic rings. The number of carbonyl (C=O) groups excluding carboxylic acids is 1. The lowest BCUT2D eigenvalue weighted by molar-refractivity contribution is -0.120. The van der Waals surface area contributed by atoms with E-state index in [1.807, 2.05) is 24.3 Å². The fourth-order valence-corrected chi connectivity index (χ4v) is 2.97. The zero-order chi connectivity index (χ0) is 18.2. The first-order valence-corrected chi connectivity index (χ1v) is 9.04. The Morgan fingerprint density at radius 1 is 1.28 bits per heavy atom. The Morgan fingerprint density at radius 2 is 2.00 bits per heavy atom. The number of carboxylic acids is 1. The van der Waals surface area contributed by atoms with Gasteiger partial charge in [-0.2, -0.15) is 0 Å². The highest BCUT2D eigenvalue weighted by molar-refractivity contribution is 7.09.